The zero-order valence-corrected chi connectivity index (χ0v) is 16.2. The first-order valence-corrected chi connectivity index (χ1v) is 10.4. The van der Waals surface area contributed by atoms with Gasteiger partial charge in [-0.1, -0.05) is 11.6 Å². The van der Waals surface area contributed by atoms with Gasteiger partial charge in [0.25, 0.3) is 0 Å². The number of anilines is 1. The summed E-state index contributed by atoms with van der Waals surface area (Å²) >= 11 is 6.25. The third-order valence-corrected chi connectivity index (χ3v) is 6.88. The summed E-state index contributed by atoms with van der Waals surface area (Å²) in [7, 11) is 0. The van der Waals surface area contributed by atoms with E-state index in [0.717, 1.165) is 68.2 Å². The highest BCUT2D eigenvalue weighted by atomic mass is 35.5. The number of halogens is 1. The van der Waals surface area contributed by atoms with Crippen LogP contribution < -0.4 is 4.90 Å². The number of pyridine rings is 1. The fourth-order valence-corrected chi connectivity index (χ4v) is 5.46. The summed E-state index contributed by atoms with van der Waals surface area (Å²) < 4.78 is 5.49. The molecule has 5 nitrogen and oxygen atoms in total. The summed E-state index contributed by atoms with van der Waals surface area (Å²) in [5, 5.41) is 12.7. The minimum atomic E-state index is -0.229. The van der Waals surface area contributed by atoms with Crippen molar-refractivity contribution < 1.29 is 9.84 Å². The lowest BCUT2D eigenvalue weighted by atomic mass is 9.77. The molecule has 1 saturated carbocycles. The maximum atomic E-state index is 10.8. The number of fused-ring (bicyclic) bond motifs is 2. The Bertz CT molecular complexity index is 826. The Morgan fingerprint density at radius 2 is 1.85 bits per heavy atom. The molecule has 3 aliphatic rings. The predicted molar refractivity (Wildman–Crippen MR) is 107 cm³/mol. The molecule has 1 aromatic heterocycles. The van der Waals surface area contributed by atoms with Crippen LogP contribution in [0.25, 0.3) is 10.9 Å². The molecule has 1 aliphatic carbocycles. The Labute approximate surface area is 164 Å². The number of aliphatic hydroxyl groups is 1. The predicted octanol–water partition coefficient (Wildman–Crippen LogP) is 2.80. The zero-order valence-electron chi connectivity index (χ0n) is 15.4. The third kappa shape index (κ3) is 3.31. The highest BCUT2D eigenvalue weighted by Crippen LogP contribution is 2.41. The van der Waals surface area contributed by atoms with Crippen LogP contribution in [0, 0.1) is 11.8 Å². The third-order valence-electron chi connectivity index (χ3n) is 6.65. The van der Waals surface area contributed by atoms with Crippen molar-refractivity contribution in [2.75, 3.05) is 44.3 Å². The monoisotopic (exact) mass is 387 g/mol. The van der Waals surface area contributed by atoms with Crippen LogP contribution in [0.15, 0.2) is 30.5 Å². The van der Waals surface area contributed by atoms with Gasteiger partial charge in [-0.05, 0) is 48.9 Å². The molecule has 6 heteroatoms. The largest absolute Gasteiger partial charge is 0.391 e. The van der Waals surface area contributed by atoms with Gasteiger partial charge in [0.2, 0.25) is 0 Å². The number of nitrogens with zero attached hydrogens (tertiary/aromatic N) is 3. The molecule has 0 amide bonds. The van der Waals surface area contributed by atoms with Crippen molar-refractivity contribution in [2.45, 2.75) is 25.0 Å². The lowest BCUT2D eigenvalue weighted by molar-refractivity contribution is -0.0520. The molecular weight excluding hydrogens is 362 g/mol. The van der Waals surface area contributed by atoms with Crippen LogP contribution in [0.4, 0.5) is 5.69 Å². The molecular formula is C21H26ClN3O2. The molecule has 3 fully saturated rings. The molecule has 0 spiro atoms. The van der Waals surface area contributed by atoms with Crippen LogP contribution in [0.2, 0.25) is 5.02 Å². The highest BCUT2D eigenvalue weighted by Gasteiger charge is 2.44. The van der Waals surface area contributed by atoms with Gasteiger partial charge in [-0.2, -0.15) is 0 Å². The van der Waals surface area contributed by atoms with Crippen LogP contribution >= 0.6 is 11.6 Å². The normalized spacial score (nSPS) is 32.0. The first-order chi connectivity index (χ1) is 13.2. The van der Waals surface area contributed by atoms with E-state index in [2.05, 4.69) is 20.9 Å². The Hall–Kier alpha value is -1.40. The minimum absolute atomic E-state index is 0.229. The number of hydrogen-bond donors (Lipinski definition) is 1. The van der Waals surface area contributed by atoms with Gasteiger partial charge in [-0.15, -0.1) is 0 Å². The molecule has 0 unspecified atom stereocenters. The van der Waals surface area contributed by atoms with Gasteiger partial charge in [0.1, 0.15) is 0 Å². The van der Waals surface area contributed by atoms with Crippen LogP contribution in [0.1, 0.15) is 12.8 Å². The Kier molecular flexibility index (Phi) is 4.72. The van der Waals surface area contributed by atoms with E-state index in [1.165, 1.54) is 5.69 Å². The van der Waals surface area contributed by atoms with E-state index in [1.807, 2.05) is 24.4 Å². The molecule has 3 heterocycles. The van der Waals surface area contributed by atoms with Crippen molar-refractivity contribution in [3.63, 3.8) is 0 Å². The maximum absolute atomic E-state index is 10.8. The maximum Gasteiger partial charge on any atom is 0.0723 e. The number of rotatable bonds is 2. The number of benzene rings is 1. The molecule has 2 aliphatic heterocycles. The molecule has 0 bridgehead atoms. The number of aliphatic hydroxyl groups excluding tert-OH is 1. The molecule has 27 heavy (non-hydrogen) atoms. The van der Waals surface area contributed by atoms with E-state index in [-0.39, 0.29) is 12.1 Å². The molecule has 2 saturated heterocycles. The zero-order chi connectivity index (χ0) is 18.4. The summed E-state index contributed by atoms with van der Waals surface area (Å²) in [5.41, 5.74) is 2.20. The summed E-state index contributed by atoms with van der Waals surface area (Å²) in [6.45, 7) is 5.50. The quantitative estimate of drug-likeness (QED) is 0.858. The van der Waals surface area contributed by atoms with Gasteiger partial charge in [0.15, 0.2) is 0 Å². The van der Waals surface area contributed by atoms with E-state index in [9.17, 15) is 5.11 Å². The summed E-state index contributed by atoms with van der Waals surface area (Å²) in [6.07, 6.45) is 3.63. The molecule has 1 aromatic carbocycles. The second-order valence-corrected chi connectivity index (χ2v) is 8.61. The van der Waals surface area contributed by atoms with E-state index in [0.29, 0.717) is 11.8 Å². The summed E-state index contributed by atoms with van der Waals surface area (Å²) in [6, 6.07) is 8.29. The standard InChI is InChI=1S/C21H26ClN3O2/c22-16-1-2-18-17(11-16)19(3-4-23-18)25-12-14-9-20(21(26)10-15(14)13-25)24-5-7-27-8-6-24/h1-4,11,14-15,20-21,26H,5-10,12-13H2/t14-,15+,20-,21-/m1/s1. The molecule has 5 rings (SSSR count). The minimum Gasteiger partial charge on any atom is -0.391 e. The van der Waals surface area contributed by atoms with Crippen LogP contribution in [0.3, 0.4) is 0 Å². The van der Waals surface area contributed by atoms with Crippen molar-refractivity contribution in [1.29, 1.82) is 0 Å². The fraction of sp³-hybridized carbons (Fsp3) is 0.571. The van der Waals surface area contributed by atoms with Crippen molar-refractivity contribution in [2.24, 2.45) is 11.8 Å². The van der Waals surface area contributed by atoms with Crippen LogP contribution in [-0.2, 0) is 4.74 Å². The summed E-state index contributed by atoms with van der Waals surface area (Å²) in [5.74, 6) is 1.18. The highest BCUT2D eigenvalue weighted by molar-refractivity contribution is 6.31. The number of aromatic nitrogens is 1. The lowest BCUT2D eigenvalue weighted by Gasteiger charge is -2.43. The Balaban J connectivity index is 1.38. The topological polar surface area (TPSA) is 48.8 Å². The van der Waals surface area contributed by atoms with E-state index in [1.54, 1.807) is 0 Å². The Morgan fingerprint density at radius 1 is 1.07 bits per heavy atom. The van der Waals surface area contributed by atoms with Crippen molar-refractivity contribution in [3.05, 3.63) is 35.5 Å². The number of morpholine rings is 1. The van der Waals surface area contributed by atoms with Gasteiger partial charge < -0.3 is 14.7 Å². The average Bonchev–Trinajstić information content (AvgIpc) is 3.10. The molecule has 144 valence electrons. The molecule has 2 aromatic rings. The summed E-state index contributed by atoms with van der Waals surface area (Å²) in [4.78, 5) is 9.40. The van der Waals surface area contributed by atoms with Crippen molar-refractivity contribution >= 4 is 28.2 Å². The molecule has 0 radical (unpaired) electrons. The fourth-order valence-electron chi connectivity index (χ4n) is 5.29. The van der Waals surface area contributed by atoms with Gasteiger partial charge in [-0.25, -0.2) is 0 Å². The second kappa shape index (κ2) is 7.21. The molecule has 1 N–H and O–H groups in total. The Morgan fingerprint density at radius 3 is 2.67 bits per heavy atom. The average molecular weight is 388 g/mol. The molecule has 4 atom stereocenters. The van der Waals surface area contributed by atoms with Crippen molar-refractivity contribution in [1.82, 2.24) is 9.88 Å². The van der Waals surface area contributed by atoms with E-state index in [4.69, 9.17) is 16.3 Å². The number of ether oxygens (including phenoxy) is 1. The smallest absolute Gasteiger partial charge is 0.0723 e. The number of hydrogen-bond acceptors (Lipinski definition) is 5. The van der Waals surface area contributed by atoms with Gasteiger partial charge in [-0.3, -0.25) is 9.88 Å². The van der Waals surface area contributed by atoms with Crippen LogP contribution in [-0.4, -0.2) is 66.5 Å². The van der Waals surface area contributed by atoms with E-state index < -0.39 is 0 Å². The van der Waals surface area contributed by atoms with E-state index >= 15 is 0 Å². The van der Waals surface area contributed by atoms with Gasteiger partial charge in [0, 0.05) is 54.5 Å². The second-order valence-electron chi connectivity index (χ2n) is 8.17. The van der Waals surface area contributed by atoms with Gasteiger partial charge >= 0.3 is 0 Å². The van der Waals surface area contributed by atoms with Crippen LogP contribution in [0.5, 0.6) is 0 Å². The van der Waals surface area contributed by atoms with Crippen molar-refractivity contribution in [3.8, 4) is 0 Å². The van der Waals surface area contributed by atoms with Gasteiger partial charge in [0.05, 0.1) is 24.8 Å². The first-order valence-electron chi connectivity index (χ1n) is 9.98. The lowest BCUT2D eigenvalue weighted by Crippen LogP contribution is -2.53. The SMILES string of the molecule is O[C@@H]1C[C@H]2CN(c3ccnc4ccc(Cl)cc34)C[C@H]2C[C@H]1N1CCOCC1. The first kappa shape index (κ1) is 17.7.